The van der Waals surface area contributed by atoms with Gasteiger partial charge in [-0.2, -0.15) is 0 Å². The molecule has 96 valence electrons. The Labute approximate surface area is 102 Å². The molecule has 1 aliphatic heterocycles. The zero-order valence-corrected chi connectivity index (χ0v) is 11.4. The zero-order valence-electron chi connectivity index (χ0n) is 11.4. The second-order valence-electron chi connectivity index (χ2n) is 5.56. The van der Waals surface area contributed by atoms with E-state index in [2.05, 4.69) is 31.4 Å². The molecule has 16 heavy (non-hydrogen) atoms. The van der Waals surface area contributed by atoms with Gasteiger partial charge in [-0.05, 0) is 38.3 Å². The molecule has 0 aromatic heterocycles. The van der Waals surface area contributed by atoms with Crippen molar-refractivity contribution < 1.29 is 0 Å². The van der Waals surface area contributed by atoms with Crippen LogP contribution in [0.4, 0.5) is 0 Å². The summed E-state index contributed by atoms with van der Waals surface area (Å²) in [6, 6.07) is 1.37. The molecule has 0 aromatic carbocycles. The largest absolute Gasteiger partial charge is 0.314 e. The summed E-state index contributed by atoms with van der Waals surface area (Å²) in [5, 5.41) is 7.27. The molecule has 0 amide bonds. The molecule has 1 aliphatic rings. The maximum atomic E-state index is 3.76. The van der Waals surface area contributed by atoms with E-state index in [0.717, 1.165) is 18.5 Å². The maximum absolute atomic E-state index is 3.76. The predicted molar refractivity (Wildman–Crippen MR) is 71.8 cm³/mol. The molecule has 2 heteroatoms. The third kappa shape index (κ3) is 5.86. The van der Waals surface area contributed by atoms with E-state index in [9.17, 15) is 0 Å². The first-order valence-electron chi connectivity index (χ1n) is 7.19. The van der Waals surface area contributed by atoms with E-state index in [-0.39, 0.29) is 0 Å². The van der Waals surface area contributed by atoms with Crippen LogP contribution in [0.2, 0.25) is 0 Å². The summed E-state index contributed by atoms with van der Waals surface area (Å²) in [6.07, 6.45) is 8.28. The average Bonchev–Trinajstić information content (AvgIpc) is 2.21. The van der Waals surface area contributed by atoms with Crippen molar-refractivity contribution in [2.24, 2.45) is 5.92 Å². The Kier molecular flexibility index (Phi) is 7.06. The highest BCUT2D eigenvalue weighted by Gasteiger charge is 2.15. The van der Waals surface area contributed by atoms with E-state index in [1.54, 1.807) is 0 Å². The third-order valence-electron chi connectivity index (χ3n) is 3.73. The Morgan fingerprint density at radius 1 is 1.25 bits per heavy atom. The second kappa shape index (κ2) is 8.08. The molecular formula is C14H30N2. The van der Waals surface area contributed by atoms with Gasteiger partial charge in [0.05, 0.1) is 0 Å². The summed E-state index contributed by atoms with van der Waals surface area (Å²) in [5.74, 6) is 0.917. The molecule has 0 saturated carbocycles. The Morgan fingerprint density at radius 2 is 2.00 bits per heavy atom. The van der Waals surface area contributed by atoms with Crippen molar-refractivity contribution in [3.63, 3.8) is 0 Å². The van der Waals surface area contributed by atoms with Crippen LogP contribution in [0, 0.1) is 5.92 Å². The maximum Gasteiger partial charge on any atom is 0.00792 e. The van der Waals surface area contributed by atoms with Gasteiger partial charge < -0.3 is 10.6 Å². The van der Waals surface area contributed by atoms with Crippen LogP contribution in [0.1, 0.15) is 59.3 Å². The van der Waals surface area contributed by atoms with Crippen molar-refractivity contribution in [2.45, 2.75) is 71.4 Å². The van der Waals surface area contributed by atoms with Gasteiger partial charge in [0, 0.05) is 12.1 Å². The molecule has 1 rings (SSSR count). The van der Waals surface area contributed by atoms with Crippen molar-refractivity contribution in [3.05, 3.63) is 0 Å². The van der Waals surface area contributed by atoms with Gasteiger partial charge in [-0.25, -0.2) is 0 Å². The summed E-state index contributed by atoms with van der Waals surface area (Å²) >= 11 is 0. The fourth-order valence-corrected chi connectivity index (χ4v) is 2.50. The van der Waals surface area contributed by atoms with Gasteiger partial charge >= 0.3 is 0 Å². The van der Waals surface area contributed by atoms with Gasteiger partial charge in [-0.3, -0.25) is 0 Å². The first kappa shape index (κ1) is 14.0. The fraction of sp³-hybridized carbons (Fsp3) is 1.00. The predicted octanol–water partition coefficient (Wildman–Crippen LogP) is 2.93. The lowest BCUT2D eigenvalue weighted by Gasteiger charge is -2.26. The smallest absolute Gasteiger partial charge is 0.00792 e. The van der Waals surface area contributed by atoms with Gasteiger partial charge in [0.2, 0.25) is 0 Å². The highest BCUT2D eigenvalue weighted by Crippen LogP contribution is 2.17. The van der Waals surface area contributed by atoms with Crippen LogP contribution in [0.3, 0.4) is 0 Å². The quantitative estimate of drug-likeness (QED) is 0.753. The monoisotopic (exact) mass is 226 g/mol. The van der Waals surface area contributed by atoms with Crippen molar-refractivity contribution in [3.8, 4) is 0 Å². The first-order valence-corrected chi connectivity index (χ1v) is 7.19. The van der Waals surface area contributed by atoms with E-state index >= 15 is 0 Å². The second-order valence-corrected chi connectivity index (χ2v) is 5.56. The van der Waals surface area contributed by atoms with E-state index < -0.39 is 0 Å². The molecule has 0 aliphatic carbocycles. The Balaban J connectivity index is 2.19. The van der Waals surface area contributed by atoms with Gasteiger partial charge in [-0.15, -0.1) is 0 Å². The highest BCUT2D eigenvalue weighted by molar-refractivity contribution is 4.74. The zero-order chi connectivity index (χ0) is 11.8. The molecule has 2 unspecified atom stereocenters. The van der Waals surface area contributed by atoms with Crippen molar-refractivity contribution in [2.75, 3.05) is 13.1 Å². The van der Waals surface area contributed by atoms with Crippen LogP contribution < -0.4 is 10.6 Å². The number of nitrogens with one attached hydrogen (secondary N) is 2. The summed E-state index contributed by atoms with van der Waals surface area (Å²) in [7, 11) is 0. The number of hydrogen-bond donors (Lipinski definition) is 2. The lowest BCUT2D eigenvalue weighted by atomic mass is 9.93. The van der Waals surface area contributed by atoms with Crippen LogP contribution in [0.25, 0.3) is 0 Å². The van der Waals surface area contributed by atoms with E-state index in [0.29, 0.717) is 6.04 Å². The van der Waals surface area contributed by atoms with Crippen molar-refractivity contribution >= 4 is 0 Å². The Morgan fingerprint density at radius 3 is 2.69 bits per heavy atom. The Bertz CT molecular complexity index is 168. The average molecular weight is 226 g/mol. The summed E-state index contributed by atoms with van der Waals surface area (Å²) < 4.78 is 0. The molecular weight excluding hydrogens is 196 g/mol. The van der Waals surface area contributed by atoms with E-state index in [4.69, 9.17) is 0 Å². The topological polar surface area (TPSA) is 24.1 Å². The summed E-state index contributed by atoms with van der Waals surface area (Å²) in [6.45, 7) is 9.16. The minimum absolute atomic E-state index is 0.622. The van der Waals surface area contributed by atoms with Crippen molar-refractivity contribution in [1.29, 1.82) is 0 Å². The molecule has 0 spiro atoms. The van der Waals surface area contributed by atoms with Crippen LogP contribution in [-0.2, 0) is 0 Å². The minimum Gasteiger partial charge on any atom is -0.314 e. The van der Waals surface area contributed by atoms with Gasteiger partial charge in [0.1, 0.15) is 0 Å². The molecule has 2 nitrogen and oxygen atoms in total. The van der Waals surface area contributed by atoms with E-state index in [1.165, 1.54) is 45.1 Å². The summed E-state index contributed by atoms with van der Waals surface area (Å²) in [4.78, 5) is 0. The lowest BCUT2D eigenvalue weighted by molar-refractivity contribution is 0.323. The van der Waals surface area contributed by atoms with Gasteiger partial charge in [0.25, 0.3) is 0 Å². The standard InChI is InChI=1S/C14H30N2/c1-4-13-7-5-6-8-14(16-11-13)9-10-15-12(2)3/h12-16H,4-11H2,1-3H3. The summed E-state index contributed by atoms with van der Waals surface area (Å²) in [5.41, 5.74) is 0. The normalized spacial score (nSPS) is 27.8. The number of rotatable bonds is 5. The molecule has 1 saturated heterocycles. The highest BCUT2D eigenvalue weighted by atomic mass is 14.9. The lowest BCUT2D eigenvalue weighted by Crippen LogP contribution is -2.38. The molecule has 0 bridgehead atoms. The number of hydrogen-bond acceptors (Lipinski definition) is 2. The van der Waals surface area contributed by atoms with E-state index in [1.807, 2.05) is 0 Å². The SMILES string of the molecule is CCC1CCCCC(CCNC(C)C)NC1. The Hall–Kier alpha value is -0.0800. The molecule has 2 atom stereocenters. The molecule has 2 N–H and O–H groups in total. The van der Waals surface area contributed by atoms with Crippen LogP contribution >= 0.6 is 0 Å². The molecule has 1 heterocycles. The van der Waals surface area contributed by atoms with Gasteiger partial charge in [-0.1, -0.05) is 40.0 Å². The van der Waals surface area contributed by atoms with Gasteiger partial charge in [0.15, 0.2) is 0 Å². The molecule has 0 radical (unpaired) electrons. The van der Waals surface area contributed by atoms with Crippen LogP contribution in [0.15, 0.2) is 0 Å². The van der Waals surface area contributed by atoms with Crippen LogP contribution in [-0.4, -0.2) is 25.2 Å². The van der Waals surface area contributed by atoms with Crippen molar-refractivity contribution in [1.82, 2.24) is 10.6 Å². The third-order valence-corrected chi connectivity index (χ3v) is 3.73. The van der Waals surface area contributed by atoms with Crippen LogP contribution in [0.5, 0.6) is 0 Å². The first-order chi connectivity index (χ1) is 7.72. The fourth-order valence-electron chi connectivity index (χ4n) is 2.50. The molecule has 1 fully saturated rings. The minimum atomic E-state index is 0.622. The molecule has 0 aromatic rings.